The number of nitrogens with zero attached hydrogens (tertiary/aromatic N) is 2. The van der Waals surface area contributed by atoms with Gasteiger partial charge in [0.1, 0.15) is 12.3 Å². The molecule has 0 saturated carbocycles. The van der Waals surface area contributed by atoms with Gasteiger partial charge in [-0.05, 0) is 43.7 Å². The molecule has 2 aliphatic heterocycles. The van der Waals surface area contributed by atoms with Crippen LogP contribution in [0, 0.1) is 0 Å². The van der Waals surface area contributed by atoms with E-state index in [4.69, 9.17) is 13.9 Å². The lowest BCUT2D eigenvalue weighted by molar-refractivity contribution is -0.167. The number of H-pyrrole nitrogens is 1. The number of fused-ring (bicyclic) bond motifs is 5. The highest BCUT2D eigenvalue weighted by molar-refractivity contribution is 6.01. The highest BCUT2D eigenvalue weighted by atomic mass is 16.5. The van der Waals surface area contributed by atoms with Crippen LogP contribution in [0.5, 0.6) is 11.5 Å². The van der Waals surface area contributed by atoms with Crippen molar-refractivity contribution < 1.29 is 23.5 Å². The lowest BCUT2D eigenvalue weighted by atomic mass is 9.76. The van der Waals surface area contributed by atoms with E-state index in [1.54, 1.807) is 29.2 Å². The Morgan fingerprint density at radius 1 is 1.11 bits per heavy atom. The summed E-state index contributed by atoms with van der Waals surface area (Å²) in [6.07, 6.45) is 1.57. The van der Waals surface area contributed by atoms with Crippen molar-refractivity contribution in [3.63, 3.8) is 0 Å². The van der Waals surface area contributed by atoms with E-state index in [1.165, 1.54) is 0 Å². The molecule has 2 aliphatic rings. The predicted molar refractivity (Wildman–Crippen MR) is 137 cm³/mol. The van der Waals surface area contributed by atoms with Crippen LogP contribution in [-0.4, -0.2) is 53.4 Å². The van der Waals surface area contributed by atoms with Crippen molar-refractivity contribution in [1.29, 1.82) is 0 Å². The quantitative estimate of drug-likeness (QED) is 0.425. The summed E-state index contributed by atoms with van der Waals surface area (Å²) >= 11 is 0. The summed E-state index contributed by atoms with van der Waals surface area (Å²) in [5.41, 5.74) is 2.40. The fraction of sp³-hybridized carbons (Fsp3) is 0.310. The van der Waals surface area contributed by atoms with Crippen LogP contribution in [0.2, 0.25) is 0 Å². The van der Waals surface area contributed by atoms with E-state index < -0.39 is 5.54 Å². The lowest BCUT2D eigenvalue weighted by Gasteiger charge is -2.51. The number of carbonyl (C=O) groups is 2. The molecule has 4 heterocycles. The van der Waals surface area contributed by atoms with Gasteiger partial charge in [-0.25, -0.2) is 0 Å². The molecule has 2 atom stereocenters. The Bertz CT molecular complexity index is 1490. The first-order valence-electron chi connectivity index (χ1n) is 12.5. The average Bonchev–Trinajstić information content (AvgIpc) is 3.56. The normalized spacial score (nSPS) is 21.2. The molecule has 2 aromatic carbocycles. The molecule has 4 aromatic rings. The van der Waals surface area contributed by atoms with Gasteiger partial charge in [-0.3, -0.25) is 9.59 Å². The maximum atomic E-state index is 14.1. The molecule has 2 aromatic heterocycles. The van der Waals surface area contributed by atoms with Gasteiger partial charge in [0.2, 0.25) is 5.91 Å². The van der Waals surface area contributed by atoms with Crippen LogP contribution in [0.25, 0.3) is 10.9 Å². The standard InChI is InChI=1S/C29H29N3O5/c1-4-36-26-19(11-7-13-23(26)35-3)21-16-32-24(33)17-31(15-18-9-8-14-37-18)28(34)29(32,2)27-25(21)20-10-5-6-12-22(20)30-27/h5-14,21,30H,4,15-17H2,1-3H3/t21-,29+/m1/s1. The number of hydrogen-bond acceptors (Lipinski definition) is 5. The summed E-state index contributed by atoms with van der Waals surface area (Å²) in [6, 6.07) is 17.5. The molecule has 0 bridgehead atoms. The summed E-state index contributed by atoms with van der Waals surface area (Å²) in [4.78, 5) is 34.7. The third-order valence-corrected chi connectivity index (χ3v) is 7.64. The van der Waals surface area contributed by atoms with Gasteiger partial charge >= 0.3 is 0 Å². The molecule has 0 spiro atoms. The first-order chi connectivity index (χ1) is 18.0. The number of methoxy groups -OCH3 is 1. The molecule has 0 radical (unpaired) electrons. The minimum atomic E-state index is -1.18. The van der Waals surface area contributed by atoms with Gasteiger partial charge in [-0.15, -0.1) is 0 Å². The average molecular weight is 500 g/mol. The Hall–Kier alpha value is -4.20. The van der Waals surface area contributed by atoms with Crippen LogP contribution in [0.4, 0.5) is 0 Å². The van der Waals surface area contributed by atoms with Crippen molar-refractivity contribution in [1.82, 2.24) is 14.8 Å². The molecule has 8 heteroatoms. The number of aromatic nitrogens is 1. The fourth-order valence-corrected chi connectivity index (χ4v) is 5.94. The smallest absolute Gasteiger partial charge is 0.255 e. The van der Waals surface area contributed by atoms with Gasteiger partial charge in [0, 0.05) is 28.9 Å². The zero-order valence-electron chi connectivity index (χ0n) is 21.1. The molecule has 8 nitrogen and oxygen atoms in total. The van der Waals surface area contributed by atoms with Crippen LogP contribution >= 0.6 is 0 Å². The molecule has 0 aliphatic carbocycles. The second-order valence-corrected chi connectivity index (χ2v) is 9.64. The van der Waals surface area contributed by atoms with Crippen molar-refractivity contribution in [3.05, 3.63) is 83.4 Å². The largest absolute Gasteiger partial charge is 0.493 e. The number of amides is 2. The number of piperazine rings is 1. The predicted octanol–water partition coefficient (Wildman–Crippen LogP) is 4.40. The first kappa shape index (κ1) is 23.2. The van der Waals surface area contributed by atoms with Gasteiger partial charge in [0.15, 0.2) is 17.0 Å². The van der Waals surface area contributed by atoms with Crippen molar-refractivity contribution in [2.75, 3.05) is 26.8 Å². The minimum Gasteiger partial charge on any atom is -0.493 e. The number of para-hydroxylation sites is 2. The third-order valence-electron chi connectivity index (χ3n) is 7.64. The van der Waals surface area contributed by atoms with Crippen molar-refractivity contribution >= 4 is 22.7 Å². The maximum absolute atomic E-state index is 14.1. The summed E-state index contributed by atoms with van der Waals surface area (Å²) in [5.74, 6) is 1.48. The molecule has 37 heavy (non-hydrogen) atoms. The second kappa shape index (κ2) is 8.73. The third kappa shape index (κ3) is 3.43. The molecule has 190 valence electrons. The van der Waals surface area contributed by atoms with E-state index in [-0.39, 0.29) is 30.8 Å². The molecule has 0 unspecified atom stereocenters. The van der Waals surface area contributed by atoms with Crippen LogP contribution in [0.1, 0.15) is 42.3 Å². The lowest BCUT2D eigenvalue weighted by Crippen LogP contribution is -2.67. The number of benzene rings is 2. The maximum Gasteiger partial charge on any atom is 0.255 e. The topological polar surface area (TPSA) is 88.0 Å². The molecule has 1 fully saturated rings. The SMILES string of the molecule is CCOc1c(OC)cccc1[C@H]1CN2C(=O)CN(Cc3ccco3)C(=O)[C@]2(C)c2[nH]c3ccccc3c21. The van der Waals surface area contributed by atoms with E-state index in [0.717, 1.165) is 27.7 Å². The first-order valence-corrected chi connectivity index (χ1v) is 12.5. The summed E-state index contributed by atoms with van der Waals surface area (Å²) < 4.78 is 17.2. The highest BCUT2D eigenvalue weighted by Crippen LogP contribution is 2.50. The Labute approximate surface area is 214 Å². The Kier molecular flexibility index (Phi) is 5.47. The highest BCUT2D eigenvalue weighted by Gasteiger charge is 2.56. The van der Waals surface area contributed by atoms with Crippen LogP contribution < -0.4 is 9.47 Å². The monoisotopic (exact) mass is 499 g/mol. The number of aromatic amines is 1. The van der Waals surface area contributed by atoms with E-state index in [2.05, 4.69) is 11.1 Å². The molecule has 1 N–H and O–H groups in total. The molecule has 6 rings (SSSR count). The Morgan fingerprint density at radius 2 is 1.95 bits per heavy atom. The molecular formula is C29H29N3O5. The number of carbonyl (C=O) groups excluding carboxylic acids is 2. The number of nitrogens with one attached hydrogen (secondary N) is 1. The summed E-state index contributed by atoms with van der Waals surface area (Å²) in [7, 11) is 1.62. The van der Waals surface area contributed by atoms with E-state index in [0.29, 0.717) is 30.4 Å². The fourth-order valence-electron chi connectivity index (χ4n) is 5.94. The van der Waals surface area contributed by atoms with E-state index in [1.807, 2.05) is 56.3 Å². The summed E-state index contributed by atoms with van der Waals surface area (Å²) in [5, 5.41) is 1.03. The van der Waals surface area contributed by atoms with Crippen molar-refractivity contribution in [3.8, 4) is 11.5 Å². The van der Waals surface area contributed by atoms with Gasteiger partial charge in [0.25, 0.3) is 5.91 Å². The number of furan rings is 1. The van der Waals surface area contributed by atoms with Crippen molar-refractivity contribution in [2.45, 2.75) is 31.8 Å². The van der Waals surface area contributed by atoms with Gasteiger partial charge in [0.05, 0.1) is 32.2 Å². The number of ether oxygens (including phenoxy) is 2. The van der Waals surface area contributed by atoms with Crippen LogP contribution in [0.15, 0.2) is 65.3 Å². The zero-order chi connectivity index (χ0) is 25.7. The van der Waals surface area contributed by atoms with E-state index in [9.17, 15) is 9.59 Å². The Morgan fingerprint density at radius 3 is 2.70 bits per heavy atom. The zero-order valence-corrected chi connectivity index (χ0v) is 21.1. The number of rotatable bonds is 6. The minimum absolute atomic E-state index is 0.00612. The van der Waals surface area contributed by atoms with Crippen molar-refractivity contribution in [2.24, 2.45) is 0 Å². The molecule has 2 amide bonds. The second-order valence-electron chi connectivity index (χ2n) is 9.64. The van der Waals surface area contributed by atoms with E-state index >= 15 is 0 Å². The van der Waals surface area contributed by atoms with Crippen LogP contribution in [0.3, 0.4) is 0 Å². The molecular weight excluding hydrogens is 470 g/mol. The molecule has 1 saturated heterocycles. The van der Waals surface area contributed by atoms with Gasteiger partial charge in [-0.2, -0.15) is 0 Å². The number of hydrogen-bond donors (Lipinski definition) is 1. The van der Waals surface area contributed by atoms with Gasteiger partial charge < -0.3 is 28.7 Å². The summed E-state index contributed by atoms with van der Waals surface area (Å²) in [6.45, 7) is 4.84. The van der Waals surface area contributed by atoms with Gasteiger partial charge in [-0.1, -0.05) is 30.3 Å². The van der Waals surface area contributed by atoms with Crippen LogP contribution in [-0.2, 0) is 21.7 Å². The Balaban J connectivity index is 1.55.